The Hall–Kier alpha value is -1.26. The van der Waals surface area contributed by atoms with E-state index in [1.165, 1.54) is 0 Å². The van der Waals surface area contributed by atoms with Gasteiger partial charge in [0.05, 0.1) is 18.1 Å². The molecule has 0 saturated carbocycles. The molecule has 0 amide bonds. The van der Waals surface area contributed by atoms with Crippen LogP contribution in [-0.2, 0) is 9.53 Å². The first kappa shape index (κ1) is 17.1. The van der Waals surface area contributed by atoms with Gasteiger partial charge in [-0.15, -0.1) is 0 Å². The molecule has 0 bridgehead atoms. The Labute approximate surface area is 137 Å². The highest BCUT2D eigenvalue weighted by Gasteiger charge is 2.36. The molecule has 2 rings (SSSR count). The number of ether oxygens (including phenoxy) is 2. The summed E-state index contributed by atoms with van der Waals surface area (Å²) >= 11 is 6.05. The number of hydrogen-bond donors (Lipinski definition) is 1. The van der Waals surface area contributed by atoms with E-state index in [-0.39, 0.29) is 5.97 Å². The average Bonchev–Trinajstić information content (AvgIpc) is 2.50. The van der Waals surface area contributed by atoms with Crippen LogP contribution in [0.2, 0.25) is 5.02 Å². The zero-order chi connectivity index (χ0) is 16.2. The Kier molecular flexibility index (Phi) is 5.70. The third-order valence-corrected chi connectivity index (χ3v) is 4.57. The van der Waals surface area contributed by atoms with Crippen molar-refractivity contribution in [2.75, 3.05) is 13.1 Å². The topological polar surface area (TPSA) is 52.1 Å². The van der Waals surface area contributed by atoms with Crippen LogP contribution in [0, 0.1) is 5.92 Å². The molecule has 1 aromatic rings. The van der Waals surface area contributed by atoms with Crippen LogP contribution in [0.15, 0.2) is 24.3 Å². The summed E-state index contributed by atoms with van der Waals surface area (Å²) in [7, 11) is 0. The molecule has 22 heavy (non-hydrogen) atoms. The number of quaternary nitrogens is 1. The Balaban J connectivity index is 1.94. The number of benzene rings is 1. The van der Waals surface area contributed by atoms with E-state index in [9.17, 15) is 4.79 Å². The summed E-state index contributed by atoms with van der Waals surface area (Å²) in [5.41, 5.74) is -0.469. The summed E-state index contributed by atoms with van der Waals surface area (Å²) in [4.78, 5) is 12.3. The fourth-order valence-corrected chi connectivity index (χ4v) is 3.01. The predicted molar refractivity (Wildman–Crippen MR) is 86.1 cm³/mol. The molecular formula is C17H25ClNO3+. The number of esters is 1. The molecule has 2 N–H and O–H groups in total. The lowest BCUT2D eigenvalue weighted by Gasteiger charge is -2.36. The first-order valence-corrected chi connectivity index (χ1v) is 8.23. The lowest BCUT2D eigenvalue weighted by molar-refractivity contribution is -0.665. The van der Waals surface area contributed by atoms with Crippen LogP contribution in [0.5, 0.6) is 5.75 Å². The molecule has 0 spiro atoms. The maximum absolute atomic E-state index is 12.3. The number of nitrogens with two attached hydrogens (primary N) is 1. The minimum atomic E-state index is -0.686. The Morgan fingerprint density at radius 3 is 2.59 bits per heavy atom. The van der Waals surface area contributed by atoms with Gasteiger partial charge in [0, 0.05) is 18.8 Å². The van der Waals surface area contributed by atoms with Crippen molar-refractivity contribution in [2.45, 2.75) is 45.3 Å². The number of carbonyl (C=O) groups is 1. The smallest absolute Gasteiger partial charge is 0.347 e. The third kappa shape index (κ3) is 4.37. The number of halogens is 1. The monoisotopic (exact) mass is 326 g/mol. The van der Waals surface area contributed by atoms with E-state index in [0.29, 0.717) is 16.7 Å². The SMILES string of the molecule is CC(Oc1ccccc1Cl)C(=O)OC(C)(C)C1CC[NH2+]CC1. The third-order valence-electron chi connectivity index (χ3n) is 4.26. The van der Waals surface area contributed by atoms with Gasteiger partial charge in [0.1, 0.15) is 11.4 Å². The lowest BCUT2D eigenvalue weighted by Crippen LogP contribution is -2.86. The molecule has 4 nitrogen and oxygen atoms in total. The fraction of sp³-hybridized carbons (Fsp3) is 0.588. The molecule has 5 heteroatoms. The van der Waals surface area contributed by atoms with Crippen LogP contribution in [0.1, 0.15) is 33.6 Å². The Morgan fingerprint density at radius 2 is 1.95 bits per heavy atom. The van der Waals surface area contributed by atoms with Crippen molar-refractivity contribution in [2.24, 2.45) is 5.92 Å². The molecule has 0 aliphatic carbocycles. The van der Waals surface area contributed by atoms with E-state index < -0.39 is 11.7 Å². The van der Waals surface area contributed by atoms with Gasteiger partial charge >= 0.3 is 5.97 Å². The Morgan fingerprint density at radius 1 is 1.32 bits per heavy atom. The standard InChI is InChI=1S/C17H24ClNO3/c1-12(21-15-7-5-4-6-14(15)18)16(20)22-17(2,3)13-8-10-19-11-9-13/h4-7,12-13,19H,8-11H2,1-3H3/p+1. The van der Waals surface area contributed by atoms with Gasteiger partial charge < -0.3 is 14.8 Å². The number of hydrogen-bond acceptors (Lipinski definition) is 3. The Bertz CT molecular complexity index is 512. The van der Waals surface area contributed by atoms with Crippen molar-refractivity contribution in [3.05, 3.63) is 29.3 Å². The van der Waals surface area contributed by atoms with Gasteiger partial charge in [-0.2, -0.15) is 0 Å². The van der Waals surface area contributed by atoms with E-state index in [4.69, 9.17) is 21.1 Å². The van der Waals surface area contributed by atoms with Gasteiger partial charge in [-0.05, 0) is 32.9 Å². The minimum absolute atomic E-state index is 0.348. The van der Waals surface area contributed by atoms with Crippen LogP contribution < -0.4 is 10.1 Å². The molecule has 1 heterocycles. The second-order valence-corrected chi connectivity index (χ2v) is 6.76. The van der Waals surface area contributed by atoms with Crippen molar-refractivity contribution >= 4 is 17.6 Å². The van der Waals surface area contributed by atoms with Gasteiger partial charge in [-0.3, -0.25) is 0 Å². The van der Waals surface area contributed by atoms with Crippen LogP contribution in [0.3, 0.4) is 0 Å². The van der Waals surface area contributed by atoms with Gasteiger partial charge in [0.2, 0.25) is 0 Å². The van der Waals surface area contributed by atoms with Crippen molar-refractivity contribution < 1.29 is 19.6 Å². The molecule has 0 radical (unpaired) electrons. The van der Waals surface area contributed by atoms with Gasteiger partial charge in [0.15, 0.2) is 6.10 Å². The highest BCUT2D eigenvalue weighted by Crippen LogP contribution is 2.29. The zero-order valence-corrected chi connectivity index (χ0v) is 14.2. The van der Waals surface area contributed by atoms with E-state index in [2.05, 4.69) is 5.32 Å². The molecule has 0 aromatic heterocycles. The molecule has 1 atom stereocenters. The van der Waals surface area contributed by atoms with E-state index in [0.717, 1.165) is 25.9 Å². The first-order chi connectivity index (χ1) is 10.4. The first-order valence-electron chi connectivity index (χ1n) is 7.86. The van der Waals surface area contributed by atoms with Crippen molar-refractivity contribution in [1.82, 2.24) is 0 Å². The molecule has 1 aromatic carbocycles. The molecule has 1 fully saturated rings. The second-order valence-electron chi connectivity index (χ2n) is 6.36. The van der Waals surface area contributed by atoms with Gasteiger partial charge in [-0.25, -0.2) is 4.79 Å². The molecular weight excluding hydrogens is 302 g/mol. The molecule has 1 aliphatic heterocycles. The summed E-state index contributed by atoms with van der Waals surface area (Å²) < 4.78 is 11.4. The summed E-state index contributed by atoms with van der Waals surface area (Å²) in [6, 6.07) is 7.12. The number of carbonyl (C=O) groups excluding carboxylic acids is 1. The number of para-hydroxylation sites is 1. The number of piperidine rings is 1. The quantitative estimate of drug-likeness (QED) is 0.845. The normalized spacial score (nSPS) is 17.8. The minimum Gasteiger partial charge on any atom is -0.477 e. The maximum Gasteiger partial charge on any atom is 0.347 e. The van der Waals surface area contributed by atoms with Crippen molar-refractivity contribution in [3.8, 4) is 5.75 Å². The van der Waals surface area contributed by atoms with E-state index in [1.807, 2.05) is 26.0 Å². The zero-order valence-electron chi connectivity index (χ0n) is 13.5. The van der Waals surface area contributed by atoms with E-state index >= 15 is 0 Å². The summed E-state index contributed by atoms with van der Waals surface area (Å²) in [6.07, 6.45) is 1.45. The summed E-state index contributed by atoms with van der Waals surface area (Å²) in [5, 5.41) is 2.79. The van der Waals surface area contributed by atoms with Crippen molar-refractivity contribution in [1.29, 1.82) is 0 Å². The van der Waals surface area contributed by atoms with Crippen LogP contribution in [0.25, 0.3) is 0 Å². The van der Waals surface area contributed by atoms with Gasteiger partial charge in [0.25, 0.3) is 0 Å². The molecule has 1 unspecified atom stereocenters. The maximum atomic E-state index is 12.3. The lowest BCUT2D eigenvalue weighted by atomic mass is 9.83. The molecule has 1 saturated heterocycles. The number of rotatable bonds is 5. The summed E-state index contributed by atoms with van der Waals surface area (Å²) in [5.74, 6) is 0.548. The largest absolute Gasteiger partial charge is 0.477 e. The highest BCUT2D eigenvalue weighted by molar-refractivity contribution is 6.32. The van der Waals surface area contributed by atoms with E-state index in [1.54, 1.807) is 19.1 Å². The fourth-order valence-electron chi connectivity index (χ4n) is 2.83. The average molecular weight is 327 g/mol. The van der Waals surface area contributed by atoms with Crippen LogP contribution in [0.4, 0.5) is 0 Å². The van der Waals surface area contributed by atoms with Crippen LogP contribution in [-0.4, -0.2) is 30.8 Å². The van der Waals surface area contributed by atoms with Crippen molar-refractivity contribution in [3.63, 3.8) is 0 Å². The molecule has 1 aliphatic rings. The van der Waals surface area contributed by atoms with Crippen LogP contribution >= 0.6 is 11.6 Å². The summed E-state index contributed by atoms with van der Waals surface area (Å²) in [6.45, 7) is 7.86. The predicted octanol–water partition coefficient (Wildman–Crippen LogP) is 2.40. The van der Waals surface area contributed by atoms with Gasteiger partial charge in [-0.1, -0.05) is 23.7 Å². The molecule has 122 valence electrons. The highest BCUT2D eigenvalue weighted by atomic mass is 35.5. The second kappa shape index (κ2) is 7.34.